The average molecular weight is 364 g/mol. The molecule has 134 valence electrons. The zero-order valence-corrected chi connectivity index (χ0v) is 14.8. The number of methoxy groups -OCH3 is 1. The maximum absolute atomic E-state index is 12.9. The molecule has 7 heteroatoms. The Balaban J connectivity index is 0.00000225. The van der Waals surface area contributed by atoms with Crippen LogP contribution in [0.5, 0.6) is 5.75 Å². The Hall–Kier alpha value is -2.15. The number of nitrogens with one attached hydrogen (secondary N) is 2. The van der Waals surface area contributed by atoms with Gasteiger partial charge in [0.25, 0.3) is 5.91 Å². The van der Waals surface area contributed by atoms with E-state index in [4.69, 9.17) is 4.74 Å². The number of rotatable bonds is 4. The smallest absolute Gasteiger partial charge is 0.255 e. The van der Waals surface area contributed by atoms with Crippen LogP contribution in [0.4, 0.5) is 0 Å². The predicted molar refractivity (Wildman–Crippen MR) is 97.1 cm³/mol. The minimum absolute atomic E-state index is 0. The fraction of sp³-hybridized carbons (Fsp3) is 0.333. The lowest BCUT2D eigenvalue weighted by Gasteiger charge is -2.43. The van der Waals surface area contributed by atoms with Crippen LogP contribution in [0.15, 0.2) is 48.8 Å². The summed E-state index contributed by atoms with van der Waals surface area (Å²) in [5, 5.41) is 16.9. The van der Waals surface area contributed by atoms with Crippen LogP contribution in [0.1, 0.15) is 22.3 Å². The Bertz CT molecular complexity index is 714. The molecule has 0 spiro atoms. The third-order valence-corrected chi connectivity index (χ3v) is 4.48. The summed E-state index contributed by atoms with van der Waals surface area (Å²) in [5.74, 6) is 0.112. The monoisotopic (exact) mass is 363 g/mol. The zero-order valence-electron chi connectivity index (χ0n) is 13.9. The number of ether oxygens (including phenoxy) is 1. The molecule has 2 aromatic rings. The molecule has 6 nitrogen and oxygen atoms in total. The van der Waals surface area contributed by atoms with E-state index >= 15 is 0 Å². The highest BCUT2D eigenvalue weighted by molar-refractivity contribution is 5.97. The molecule has 1 aromatic carbocycles. The van der Waals surface area contributed by atoms with Crippen LogP contribution in [0.3, 0.4) is 0 Å². The van der Waals surface area contributed by atoms with E-state index in [-0.39, 0.29) is 18.3 Å². The summed E-state index contributed by atoms with van der Waals surface area (Å²) in [6.07, 6.45) is 2.91. The highest BCUT2D eigenvalue weighted by atomic mass is 35.5. The lowest BCUT2D eigenvalue weighted by Crippen LogP contribution is -2.61. The third kappa shape index (κ3) is 3.76. The summed E-state index contributed by atoms with van der Waals surface area (Å²) in [6.45, 7) is 1.13. The average Bonchev–Trinajstić information content (AvgIpc) is 2.64. The number of hydrogen-bond donors (Lipinski definition) is 3. The van der Waals surface area contributed by atoms with Gasteiger partial charge in [-0.3, -0.25) is 9.78 Å². The van der Waals surface area contributed by atoms with Gasteiger partial charge in [-0.05, 0) is 24.6 Å². The Kier molecular flexibility index (Phi) is 6.36. The molecule has 3 rings (SSSR count). The van der Waals surface area contributed by atoms with Gasteiger partial charge in [0.15, 0.2) is 0 Å². The number of piperidine rings is 1. The van der Waals surface area contributed by atoms with Crippen LogP contribution in [-0.2, 0) is 5.54 Å². The number of hydrogen-bond acceptors (Lipinski definition) is 5. The molecule has 0 radical (unpaired) electrons. The molecule has 0 aliphatic carbocycles. The second-order valence-corrected chi connectivity index (χ2v) is 5.84. The largest absolute Gasteiger partial charge is 0.494 e. The summed E-state index contributed by atoms with van der Waals surface area (Å²) in [7, 11) is 1.50. The highest BCUT2D eigenvalue weighted by Crippen LogP contribution is 2.32. The molecule has 1 amide bonds. The molecule has 0 unspecified atom stereocenters. The van der Waals surface area contributed by atoms with Crippen molar-refractivity contribution in [2.24, 2.45) is 0 Å². The first kappa shape index (κ1) is 19.2. The predicted octanol–water partition coefficient (Wildman–Crippen LogP) is 1.49. The Morgan fingerprint density at radius 3 is 2.80 bits per heavy atom. The number of halogens is 1. The van der Waals surface area contributed by atoms with Gasteiger partial charge < -0.3 is 20.5 Å². The van der Waals surface area contributed by atoms with E-state index in [1.807, 2.05) is 30.3 Å². The van der Waals surface area contributed by atoms with Crippen molar-refractivity contribution in [2.45, 2.75) is 18.1 Å². The maximum atomic E-state index is 12.9. The first-order valence-corrected chi connectivity index (χ1v) is 7.92. The Morgan fingerprint density at radius 2 is 2.12 bits per heavy atom. The summed E-state index contributed by atoms with van der Waals surface area (Å²) >= 11 is 0. The first-order valence-electron chi connectivity index (χ1n) is 7.92. The van der Waals surface area contributed by atoms with Gasteiger partial charge in [0.1, 0.15) is 5.75 Å². The van der Waals surface area contributed by atoms with E-state index in [2.05, 4.69) is 15.6 Å². The molecule has 3 N–H and O–H groups in total. The van der Waals surface area contributed by atoms with E-state index in [1.54, 1.807) is 12.3 Å². The van der Waals surface area contributed by atoms with Crippen molar-refractivity contribution < 1.29 is 14.6 Å². The molecule has 2 atom stereocenters. The lowest BCUT2D eigenvalue weighted by molar-refractivity contribution is 0.0288. The quantitative estimate of drug-likeness (QED) is 0.766. The number of aromatic nitrogens is 1. The van der Waals surface area contributed by atoms with Crippen LogP contribution >= 0.6 is 12.4 Å². The number of amides is 1. The number of carbonyl (C=O) groups is 1. The SMILES string of the molecule is COc1cnccc1C(=O)N[C@@]1(c2ccccc2)CCNC[C@H]1O.Cl. The third-order valence-electron chi connectivity index (χ3n) is 4.48. The Labute approximate surface area is 153 Å². The topological polar surface area (TPSA) is 83.5 Å². The van der Waals surface area contributed by atoms with Gasteiger partial charge in [-0.25, -0.2) is 0 Å². The zero-order chi connectivity index (χ0) is 17.0. The number of carbonyl (C=O) groups excluding carboxylic acids is 1. The number of nitrogens with zero attached hydrogens (tertiary/aromatic N) is 1. The van der Waals surface area contributed by atoms with Crippen molar-refractivity contribution in [3.63, 3.8) is 0 Å². The molecule has 1 fully saturated rings. The second-order valence-electron chi connectivity index (χ2n) is 5.84. The molecule has 2 heterocycles. The van der Waals surface area contributed by atoms with Crippen molar-refractivity contribution in [1.29, 1.82) is 0 Å². The first-order chi connectivity index (χ1) is 11.7. The van der Waals surface area contributed by atoms with Gasteiger partial charge in [0.05, 0.1) is 30.5 Å². The normalized spacial score (nSPS) is 22.6. The van der Waals surface area contributed by atoms with Gasteiger partial charge >= 0.3 is 0 Å². The molecular formula is C18H22ClN3O3. The van der Waals surface area contributed by atoms with Crippen LogP contribution in [0, 0.1) is 0 Å². The number of aliphatic hydroxyl groups is 1. The summed E-state index contributed by atoms with van der Waals surface area (Å²) in [4.78, 5) is 16.8. The van der Waals surface area contributed by atoms with Gasteiger partial charge in [0, 0.05) is 12.7 Å². The molecular weight excluding hydrogens is 342 g/mol. The molecule has 0 bridgehead atoms. The van der Waals surface area contributed by atoms with Crippen molar-refractivity contribution in [3.8, 4) is 5.75 Å². The van der Waals surface area contributed by atoms with E-state index in [1.165, 1.54) is 13.3 Å². The van der Waals surface area contributed by atoms with Crippen molar-refractivity contribution >= 4 is 18.3 Å². The summed E-state index contributed by atoms with van der Waals surface area (Å²) in [5.41, 5.74) is 0.451. The standard InChI is InChI=1S/C18H21N3O3.ClH/c1-24-15-11-19-9-7-14(15)17(23)21-18(8-10-20-12-16(18)22)13-5-3-2-4-6-13;/h2-7,9,11,16,20,22H,8,10,12H2,1H3,(H,21,23);1H/t16-,18-;/m1./s1. The van der Waals surface area contributed by atoms with Crippen molar-refractivity contribution in [2.75, 3.05) is 20.2 Å². The van der Waals surface area contributed by atoms with Gasteiger partial charge in [-0.1, -0.05) is 30.3 Å². The Morgan fingerprint density at radius 1 is 1.36 bits per heavy atom. The van der Waals surface area contributed by atoms with E-state index < -0.39 is 11.6 Å². The van der Waals surface area contributed by atoms with E-state index in [0.717, 1.165) is 5.56 Å². The van der Waals surface area contributed by atoms with E-state index in [9.17, 15) is 9.90 Å². The minimum atomic E-state index is -0.835. The number of benzene rings is 1. The van der Waals surface area contributed by atoms with Crippen LogP contribution in [0.25, 0.3) is 0 Å². The summed E-state index contributed by atoms with van der Waals surface area (Å²) in [6, 6.07) is 11.2. The molecule has 25 heavy (non-hydrogen) atoms. The van der Waals surface area contributed by atoms with Crippen molar-refractivity contribution in [1.82, 2.24) is 15.6 Å². The van der Waals surface area contributed by atoms with Gasteiger partial charge in [-0.2, -0.15) is 0 Å². The van der Waals surface area contributed by atoms with Crippen LogP contribution in [-0.4, -0.2) is 42.3 Å². The minimum Gasteiger partial charge on any atom is -0.494 e. The van der Waals surface area contributed by atoms with Crippen molar-refractivity contribution in [3.05, 3.63) is 59.9 Å². The lowest BCUT2D eigenvalue weighted by atomic mass is 9.79. The summed E-state index contributed by atoms with van der Waals surface area (Å²) < 4.78 is 5.22. The van der Waals surface area contributed by atoms with Crippen LogP contribution in [0.2, 0.25) is 0 Å². The number of pyridine rings is 1. The second kappa shape index (κ2) is 8.29. The number of β-amino-alcohol motifs (C(OH)–C–C–N with tert-alkyl or cyclic N) is 1. The highest BCUT2D eigenvalue weighted by Gasteiger charge is 2.43. The van der Waals surface area contributed by atoms with E-state index in [0.29, 0.717) is 30.8 Å². The molecule has 0 saturated carbocycles. The molecule has 1 aromatic heterocycles. The molecule has 1 aliphatic rings. The maximum Gasteiger partial charge on any atom is 0.255 e. The molecule has 1 saturated heterocycles. The fourth-order valence-corrected chi connectivity index (χ4v) is 3.16. The fourth-order valence-electron chi connectivity index (χ4n) is 3.16. The molecule has 1 aliphatic heterocycles. The van der Waals surface area contributed by atoms with Gasteiger partial charge in [0.2, 0.25) is 0 Å². The van der Waals surface area contributed by atoms with Gasteiger partial charge in [-0.15, -0.1) is 12.4 Å². The van der Waals surface area contributed by atoms with Crippen LogP contribution < -0.4 is 15.4 Å². The number of aliphatic hydroxyl groups excluding tert-OH is 1.